The zero-order chi connectivity index (χ0) is 33.6. The second-order valence-electron chi connectivity index (χ2n) is 12.4. The van der Waals surface area contributed by atoms with E-state index in [2.05, 4.69) is 5.32 Å². The fourth-order valence-corrected chi connectivity index (χ4v) is 7.58. The normalized spacial score (nSPS) is 14.0. The molecule has 5 rings (SSSR count). The summed E-state index contributed by atoms with van der Waals surface area (Å²) in [5, 5.41) is 3.65. The van der Waals surface area contributed by atoms with Crippen LogP contribution in [0.5, 0.6) is 0 Å². The summed E-state index contributed by atoms with van der Waals surface area (Å²) >= 11 is 6.61. The van der Waals surface area contributed by atoms with Crippen molar-refractivity contribution in [3.8, 4) is 0 Å². The van der Waals surface area contributed by atoms with Crippen molar-refractivity contribution in [2.75, 3.05) is 10.8 Å². The first-order chi connectivity index (χ1) is 22.5. The molecule has 246 valence electrons. The zero-order valence-corrected chi connectivity index (χ0v) is 28.7. The molecular formula is C38H42ClN3O4S. The molecule has 1 fully saturated rings. The average molecular weight is 672 g/mol. The van der Waals surface area contributed by atoms with Crippen LogP contribution in [-0.2, 0) is 32.6 Å². The van der Waals surface area contributed by atoms with Crippen molar-refractivity contribution in [1.29, 1.82) is 0 Å². The Hall–Kier alpha value is -4.14. The van der Waals surface area contributed by atoms with Crippen LogP contribution < -0.4 is 9.62 Å². The minimum absolute atomic E-state index is 0.0272. The Kier molecular flexibility index (Phi) is 11.0. The van der Waals surface area contributed by atoms with Gasteiger partial charge in [-0.05, 0) is 86.2 Å². The SMILES string of the molecule is Cc1ccc(S(=O)(=O)N(CC(=O)N(Cc2ccccc2Cl)[C@@H](Cc2ccccc2)C(=O)NC2CCCC2)c2ccc(C)c(C)c2)cc1. The monoisotopic (exact) mass is 671 g/mol. The van der Waals surface area contributed by atoms with Gasteiger partial charge in [-0.25, -0.2) is 8.42 Å². The number of benzene rings is 4. The molecule has 0 heterocycles. The number of amides is 2. The highest BCUT2D eigenvalue weighted by Gasteiger charge is 2.36. The van der Waals surface area contributed by atoms with Gasteiger partial charge in [-0.3, -0.25) is 13.9 Å². The van der Waals surface area contributed by atoms with Crippen LogP contribution in [0.25, 0.3) is 0 Å². The Morgan fingerprint density at radius 3 is 2.17 bits per heavy atom. The van der Waals surface area contributed by atoms with Gasteiger partial charge in [-0.2, -0.15) is 0 Å². The summed E-state index contributed by atoms with van der Waals surface area (Å²) < 4.78 is 29.7. The van der Waals surface area contributed by atoms with E-state index >= 15 is 0 Å². The molecule has 1 aliphatic carbocycles. The van der Waals surface area contributed by atoms with Crippen LogP contribution in [0.4, 0.5) is 5.69 Å². The first-order valence-corrected chi connectivity index (χ1v) is 17.9. The van der Waals surface area contributed by atoms with Gasteiger partial charge in [0.15, 0.2) is 0 Å². The van der Waals surface area contributed by atoms with Gasteiger partial charge >= 0.3 is 0 Å². The van der Waals surface area contributed by atoms with Crippen molar-refractivity contribution in [2.24, 2.45) is 0 Å². The fourth-order valence-electron chi connectivity index (χ4n) is 5.98. The highest BCUT2D eigenvalue weighted by molar-refractivity contribution is 7.92. The standard InChI is InChI=1S/C38H42ClN3O4S/c1-27-17-21-34(22-18-27)47(45,46)42(33-20-19-28(2)29(3)23-33)26-37(43)41(25-31-13-7-10-16-35(31)39)36(24-30-11-5-4-6-12-30)38(44)40-32-14-8-9-15-32/h4-7,10-13,16-23,32,36H,8-9,14-15,24-26H2,1-3H3,(H,40,44)/t36-/m0/s1. The molecule has 0 aliphatic heterocycles. The minimum atomic E-state index is -4.17. The van der Waals surface area contributed by atoms with Crippen molar-refractivity contribution in [1.82, 2.24) is 10.2 Å². The first kappa shape index (κ1) is 34.2. The Bertz CT molecular complexity index is 1810. The highest BCUT2D eigenvalue weighted by atomic mass is 35.5. The number of carbonyl (C=O) groups is 2. The van der Waals surface area contributed by atoms with Crippen LogP contribution in [0, 0.1) is 20.8 Å². The summed E-state index contributed by atoms with van der Waals surface area (Å²) in [4.78, 5) is 30.4. The van der Waals surface area contributed by atoms with E-state index in [0.29, 0.717) is 16.3 Å². The summed E-state index contributed by atoms with van der Waals surface area (Å²) in [6.45, 7) is 5.26. The molecule has 1 aliphatic rings. The lowest BCUT2D eigenvalue weighted by molar-refractivity contribution is -0.140. The molecule has 47 heavy (non-hydrogen) atoms. The Morgan fingerprint density at radius 2 is 1.51 bits per heavy atom. The number of hydrogen-bond donors (Lipinski definition) is 1. The predicted molar refractivity (Wildman–Crippen MR) is 188 cm³/mol. The molecule has 0 aromatic heterocycles. The van der Waals surface area contributed by atoms with Gasteiger partial charge in [-0.1, -0.05) is 96.7 Å². The number of anilines is 1. The van der Waals surface area contributed by atoms with Crippen LogP contribution >= 0.6 is 11.6 Å². The number of sulfonamides is 1. The number of carbonyl (C=O) groups excluding carboxylic acids is 2. The van der Waals surface area contributed by atoms with Gasteiger partial charge in [0.2, 0.25) is 11.8 Å². The molecule has 4 aromatic rings. The number of nitrogens with one attached hydrogen (secondary N) is 1. The van der Waals surface area contributed by atoms with Gasteiger partial charge < -0.3 is 10.2 Å². The lowest BCUT2D eigenvalue weighted by atomic mass is 10.0. The molecule has 7 nitrogen and oxygen atoms in total. The van der Waals surface area contributed by atoms with Crippen LogP contribution in [0.1, 0.15) is 53.5 Å². The third kappa shape index (κ3) is 8.42. The predicted octanol–water partition coefficient (Wildman–Crippen LogP) is 7.16. The van der Waals surface area contributed by atoms with Crippen LogP contribution in [0.2, 0.25) is 5.02 Å². The summed E-state index contributed by atoms with van der Waals surface area (Å²) in [5.74, 6) is -0.776. The summed E-state index contributed by atoms with van der Waals surface area (Å²) in [6, 6.07) is 27.8. The topological polar surface area (TPSA) is 86.8 Å². The van der Waals surface area contributed by atoms with Gasteiger partial charge in [0.25, 0.3) is 10.0 Å². The van der Waals surface area contributed by atoms with Gasteiger partial charge in [0, 0.05) is 24.0 Å². The number of nitrogens with zero attached hydrogens (tertiary/aromatic N) is 2. The van der Waals surface area contributed by atoms with Crippen molar-refractivity contribution in [3.05, 3.63) is 130 Å². The largest absolute Gasteiger partial charge is 0.352 e. The Labute approximate surface area is 283 Å². The second-order valence-corrected chi connectivity index (χ2v) is 14.7. The van der Waals surface area contributed by atoms with Crippen molar-refractivity contribution >= 4 is 39.1 Å². The maximum absolute atomic E-state index is 14.7. The Balaban J connectivity index is 1.58. The fraction of sp³-hybridized carbons (Fsp3) is 0.316. The molecule has 9 heteroatoms. The minimum Gasteiger partial charge on any atom is -0.352 e. The summed E-state index contributed by atoms with van der Waals surface area (Å²) in [5.41, 5.74) is 4.72. The van der Waals surface area contributed by atoms with E-state index in [1.54, 1.807) is 42.5 Å². The van der Waals surface area contributed by atoms with Crippen molar-refractivity contribution < 1.29 is 18.0 Å². The molecular weight excluding hydrogens is 630 g/mol. The third-order valence-corrected chi connectivity index (χ3v) is 11.1. The van der Waals surface area contributed by atoms with E-state index < -0.39 is 28.5 Å². The summed E-state index contributed by atoms with van der Waals surface area (Å²) in [7, 11) is -4.17. The van der Waals surface area contributed by atoms with Gasteiger partial charge in [0.05, 0.1) is 10.6 Å². The van der Waals surface area contributed by atoms with E-state index in [-0.39, 0.29) is 29.8 Å². The molecule has 1 N–H and O–H groups in total. The number of halogens is 1. The van der Waals surface area contributed by atoms with Crippen LogP contribution in [0.3, 0.4) is 0 Å². The van der Waals surface area contributed by atoms with Crippen LogP contribution in [0.15, 0.2) is 102 Å². The quantitative estimate of drug-likeness (QED) is 0.173. The van der Waals surface area contributed by atoms with E-state index in [1.165, 1.54) is 4.90 Å². The van der Waals surface area contributed by atoms with Crippen LogP contribution in [-0.4, -0.2) is 43.8 Å². The smallest absolute Gasteiger partial charge is 0.264 e. The first-order valence-electron chi connectivity index (χ1n) is 16.1. The Morgan fingerprint density at radius 1 is 0.851 bits per heavy atom. The number of aryl methyl sites for hydroxylation is 3. The van der Waals surface area contributed by atoms with Gasteiger partial charge in [0.1, 0.15) is 12.6 Å². The average Bonchev–Trinajstić information content (AvgIpc) is 3.57. The zero-order valence-electron chi connectivity index (χ0n) is 27.2. The van der Waals surface area contributed by atoms with E-state index in [1.807, 2.05) is 75.4 Å². The molecule has 0 bridgehead atoms. The lowest BCUT2D eigenvalue weighted by Gasteiger charge is -2.34. The molecule has 0 saturated heterocycles. The summed E-state index contributed by atoms with van der Waals surface area (Å²) in [6.07, 6.45) is 4.11. The molecule has 1 saturated carbocycles. The van der Waals surface area contributed by atoms with E-state index in [9.17, 15) is 18.0 Å². The second kappa shape index (κ2) is 15.2. The van der Waals surface area contributed by atoms with Crippen molar-refractivity contribution in [2.45, 2.75) is 76.4 Å². The molecule has 0 radical (unpaired) electrons. The lowest BCUT2D eigenvalue weighted by Crippen LogP contribution is -2.54. The number of rotatable bonds is 12. The molecule has 0 spiro atoms. The molecule has 2 amide bonds. The van der Waals surface area contributed by atoms with Crippen molar-refractivity contribution in [3.63, 3.8) is 0 Å². The number of hydrogen-bond acceptors (Lipinski definition) is 4. The highest BCUT2D eigenvalue weighted by Crippen LogP contribution is 2.28. The van der Waals surface area contributed by atoms with E-state index in [0.717, 1.165) is 52.2 Å². The molecule has 1 atom stereocenters. The van der Waals surface area contributed by atoms with Gasteiger partial charge in [-0.15, -0.1) is 0 Å². The molecule has 4 aromatic carbocycles. The van der Waals surface area contributed by atoms with E-state index in [4.69, 9.17) is 11.6 Å². The third-order valence-electron chi connectivity index (χ3n) is 8.94. The molecule has 0 unspecified atom stereocenters. The maximum Gasteiger partial charge on any atom is 0.264 e. The maximum atomic E-state index is 14.7.